The molecule has 1 N–H and O–H groups in total. The van der Waals surface area contributed by atoms with Gasteiger partial charge in [-0.05, 0) is 45.4 Å². The minimum atomic E-state index is -0.636. The number of ether oxygens (including phenoxy) is 1. The maximum absolute atomic E-state index is 9.64. The Morgan fingerprint density at radius 1 is 1.50 bits per heavy atom. The van der Waals surface area contributed by atoms with Crippen molar-refractivity contribution in [3.63, 3.8) is 0 Å². The van der Waals surface area contributed by atoms with Crippen LogP contribution in [0.15, 0.2) is 18.2 Å². The lowest BCUT2D eigenvalue weighted by atomic mass is 9.92. The molecule has 0 bridgehead atoms. The summed E-state index contributed by atoms with van der Waals surface area (Å²) in [6.45, 7) is 5.83. The van der Waals surface area contributed by atoms with Gasteiger partial charge < -0.3 is 9.84 Å². The van der Waals surface area contributed by atoms with Crippen LogP contribution < -0.4 is 4.74 Å². The van der Waals surface area contributed by atoms with Crippen LogP contribution in [0.25, 0.3) is 0 Å². The Labute approximate surface area is 113 Å². The smallest absolute Gasteiger partial charge is 0.125 e. The van der Waals surface area contributed by atoms with Gasteiger partial charge in [-0.3, -0.25) is 0 Å². The van der Waals surface area contributed by atoms with Crippen LogP contribution >= 0.6 is 11.6 Å². The van der Waals surface area contributed by atoms with Crippen molar-refractivity contribution in [3.8, 4) is 11.8 Å². The number of benzene rings is 1. The maximum atomic E-state index is 9.64. The number of hydrogen-bond donors (Lipinski definition) is 1. The predicted octanol–water partition coefficient (Wildman–Crippen LogP) is 3.71. The van der Waals surface area contributed by atoms with Crippen molar-refractivity contribution >= 4 is 11.6 Å². The average Bonchev–Trinajstić information content (AvgIpc) is 2.30. The molecule has 0 heterocycles. The summed E-state index contributed by atoms with van der Waals surface area (Å²) >= 11 is 5.88. The molecule has 1 rings (SSSR count). The SMILES string of the molecule is CC(O)c1cc(Cl)ccc1OCCC(C)(C)C#N. The van der Waals surface area contributed by atoms with E-state index in [1.165, 1.54) is 0 Å². The zero-order chi connectivity index (χ0) is 13.8. The van der Waals surface area contributed by atoms with E-state index < -0.39 is 11.5 Å². The molecule has 0 fully saturated rings. The minimum absolute atomic E-state index is 0.405. The van der Waals surface area contributed by atoms with E-state index in [2.05, 4.69) is 6.07 Å². The van der Waals surface area contributed by atoms with E-state index in [4.69, 9.17) is 21.6 Å². The highest BCUT2D eigenvalue weighted by Crippen LogP contribution is 2.29. The normalized spacial score (nSPS) is 12.9. The van der Waals surface area contributed by atoms with Crippen molar-refractivity contribution < 1.29 is 9.84 Å². The predicted molar refractivity (Wildman–Crippen MR) is 71.6 cm³/mol. The van der Waals surface area contributed by atoms with E-state index in [-0.39, 0.29) is 0 Å². The van der Waals surface area contributed by atoms with Gasteiger partial charge in [0.15, 0.2) is 0 Å². The number of nitrogens with zero attached hydrogens (tertiary/aromatic N) is 1. The molecule has 0 saturated carbocycles. The second-order valence-corrected chi connectivity index (χ2v) is 5.39. The van der Waals surface area contributed by atoms with Gasteiger partial charge in [0.05, 0.1) is 24.2 Å². The Morgan fingerprint density at radius 2 is 2.17 bits per heavy atom. The summed E-state index contributed by atoms with van der Waals surface area (Å²) in [5.74, 6) is 0.614. The maximum Gasteiger partial charge on any atom is 0.125 e. The monoisotopic (exact) mass is 267 g/mol. The molecule has 98 valence electrons. The lowest BCUT2D eigenvalue weighted by molar-refractivity contribution is 0.188. The van der Waals surface area contributed by atoms with Crippen LogP contribution in [0.4, 0.5) is 0 Å². The van der Waals surface area contributed by atoms with Crippen LogP contribution in [-0.2, 0) is 0 Å². The number of hydrogen-bond acceptors (Lipinski definition) is 3. The van der Waals surface area contributed by atoms with E-state index in [0.29, 0.717) is 29.4 Å². The van der Waals surface area contributed by atoms with E-state index >= 15 is 0 Å². The zero-order valence-corrected chi connectivity index (χ0v) is 11.7. The first-order chi connectivity index (χ1) is 8.35. The number of halogens is 1. The van der Waals surface area contributed by atoms with E-state index in [1.807, 2.05) is 13.8 Å². The van der Waals surface area contributed by atoms with E-state index in [9.17, 15) is 5.11 Å². The van der Waals surface area contributed by atoms with Gasteiger partial charge in [0.1, 0.15) is 5.75 Å². The first kappa shape index (κ1) is 14.8. The Hall–Kier alpha value is -1.24. The van der Waals surface area contributed by atoms with Gasteiger partial charge in [0.25, 0.3) is 0 Å². The van der Waals surface area contributed by atoms with Gasteiger partial charge in [-0.2, -0.15) is 5.26 Å². The molecule has 18 heavy (non-hydrogen) atoms. The molecule has 1 aromatic carbocycles. The molecule has 1 aromatic rings. The number of aliphatic hydroxyl groups excluding tert-OH is 1. The second-order valence-electron chi connectivity index (χ2n) is 4.95. The summed E-state index contributed by atoms with van der Waals surface area (Å²) in [6, 6.07) is 7.38. The Morgan fingerprint density at radius 3 is 2.72 bits per heavy atom. The van der Waals surface area contributed by atoms with Crippen LogP contribution in [0, 0.1) is 16.7 Å². The lowest BCUT2D eigenvalue weighted by Gasteiger charge is -2.17. The highest BCUT2D eigenvalue weighted by molar-refractivity contribution is 6.30. The van der Waals surface area contributed by atoms with E-state index in [1.54, 1.807) is 25.1 Å². The van der Waals surface area contributed by atoms with Crippen molar-refractivity contribution in [1.29, 1.82) is 5.26 Å². The van der Waals surface area contributed by atoms with Crippen LogP contribution in [0.2, 0.25) is 5.02 Å². The summed E-state index contributed by atoms with van der Waals surface area (Å²) in [4.78, 5) is 0. The fourth-order valence-electron chi connectivity index (χ4n) is 1.45. The summed E-state index contributed by atoms with van der Waals surface area (Å²) in [7, 11) is 0. The molecule has 0 spiro atoms. The first-order valence-electron chi connectivity index (χ1n) is 5.87. The van der Waals surface area contributed by atoms with Crippen LogP contribution in [0.3, 0.4) is 0 Å². The quantitative estimate of drug-likeness (QED) is 0.885. The number of nitriles is 1. The Bertz CT molecular complexity index is 450. The van der Waals surface area contributed by atoms with Crippen LogP contribution in [0.5, 0.6) is 5.75 Å². The molecule has 0 aliphatic rings. The summed E-state index contributed by atoms with van der Waals surface area (Å²) in [5, 5.41) is 19.1. The fourth-order valence-corrected chi connectivity index (χ4v) is 1.63. The van der Waals surface area contributed by atoms with Gasteiger partial charge in [-0.25, -0.2) is 0 Å². The van der Waals surface area contributed by atoms with Gasteiger partial charge in [-0.15, -0.1) is 0 Å². The fraction of sp³-hybridized carbons (Fsp3) is 0.500. The van der Waals surface area contributed by atoms with Crippen molar-refractivity contribution in [2.45, 2.75) is 33.3 Å². The molecule has 3 nitrogen and oxygen atoms in total. The summed E-state index contributed by atoms with van der Waals surface area (Å²) < 4.78 is 5.62. The molecule has 1 unspecified atom stereocenters. The van der Waals surface area contributed by atoms with Gasteiger partial charge in [0, 0.05) is 10.6 Å². The van der Waals surface area contributed by atoms with Crippen molar-refractivity contribution in [1.82, 2.24) is 0 Å². The summed E-state index contributed by atoms with van der Waals surface area (Å²) in [5.41, 5.74) is 0.259. The Kier molecular flexibility index (Phi) is 5.01. The minimum Gasteiger partial charge on any atom is -0.493 e. The van der Waals surface area contributed by atoms with Crippen molar-refractivity contribution in [2.24, 2.45) is 5.41 Å². The number of rotatable bonds is 5. The van der Waals surface area contributed by atoms with Gasteiger partial charge >= 0.3 is 0 Å². The van der Waals surface area contributed by atoms with Crippen LogP contribution in [0.1, 0.15) is 38.9 Å². The third-order valence-corrected chi connectivity index (χ3v) is 2.94. The van der Waals surface area contributed by atoms with Crippen LogP contribution in [-0.4, -0.2) is 11.7 Å². The van der Waals surface area contributed by atoms with Crippen molar-refractivity contribution in [3.05, 3.63) is 28.8 Å². The molecule has 0 aliphatic carbocycles. The number of aliphatic hydroxyl groups is 1. The molecule has 1 atom stereocenters. The lowest BCUT2D eigenvalue weighted by Crippen LogP contribution is -2.13. The molecule has 4 heteroatoms. The molecule has 0 radical (unpaired) electrons. The molecule has 0 saturated heterocycles. The standard InChI is InChI=1S/C14H18ClNO2/c1-10(17)12-8-11(15)4-5-13(12)18-7-6-14(2,3)9-16/h4-5,8,10,17H,6-7H2,1-3H3. The highest BCUT2D eigenvalue weighted by atomic mass is 35.5. The average molecular weight is 268 g/mol. The highest BCUT2D eigenvalue weighted by Gasteiger charge is 2.17. The van der Waals surface area contributed by atoms with Gasteiger partial charge in [0.2, 0.25) is 0 Å². The Balaban J connectivity index is 2.71. The summed E-state index contributed by atoms with van der Waals surface area (Å²) in [6.07, 6.45) is -0.00608. The first-order valence-corrected chi connectivity index (χ1v) is 6.25. The van der Waals surface area contributed by atoms with Crippen molar-refractivity contribution in [2.75, 3.05) is 6.61 Å². The molecule has 0 amide bonds. The molecule has 0 aliphatic heterocycles. The third kappa shape index (κ3) is 4.21. The van der Waals surface area contributed by atoms with Gasteiger partial charge in [-0.1, -0.05) is 11.6 Å². The third-order valence-electron chi connectivity index (χ3n) is 2.71. The topological polar surface area (TPSA) is 53.2 Å². The molecular weight excluding hydrogens is 250 g/mol. The van der Waals surface area contributed by atoms with E-state index in [0.717, 1.165) is 0 Å². The zero-order valence-electron chi connectivity index (χ0n) is 10.9. The molecular formula is C14H18ClNO2. The largest absolute Gasteiger partial charge is 0.493 e. The second kappa shape index (κ2) is 6.08. The molecule has 0 aromatic heterocycles.